The summed E-state index contributed by atoms with van der Waals surface area (Å²) in [5.41, 5.74) is -3.34. The van der Waals surface area contributed by atoms with Gasteiger partial charge in [0, 0.05) is 11.8 Å². The van der Waals surface area contributed by atoms with Gasteiger partial charge in [-0.05, 0) is 36.4 Å². The number of amidine groups is 2. The number of esters is 1. The van der Waals surface area contributed by atoms with E-state index < -0.39 is 23.6 Å². The van der Waals surface area contributed by atoms with Crippen LogP contribution in [0.15, 0.2) is 57.6 Å². The minimum absolute atomic E-state index is 0.132. The summed E-state index contributed by atoms with van der Waals surface area (Å²) in [6.45, 7) is 0. The van der Waals surface area contributed by atoms with Crippen molar-refractivity contribution in [3.63, 3.8) is 0 Å². The quantitative estimate of drug-likeness (QED) is 0.577. The summed E-state index contributed by atoms with van der Waals surface area (Å²) in [4.78, 5) is 20.3. The average Bonchev–Trinajstić information content (AvgIpc) is 2.60. The van der Waals surface area contributed by atoms with E-state index in [4.69, 9.17) is 11.6 Å². The molecule has 1 aromatic carbocycles. The molecular formula is C16H10ClF4N3O2. The second kappa shape index (κ2) is 6.24. The molecule has 2 aliphatic rings. The van der Waals surface area contributed by atoms with Gasteiger partial charge in [-0.15, -0.1) is 0 Å². The Kier molecular flexibility index (Phi) is 4.35. The minimum atomic E-state index is -5.16. The average molecular weight is 388 g/mol. The Balaban J connectivity index is 2.27. The van der Waals surface area contributed by atoms with Gasteiger partial charge in [0.25, 0.3) is 0 Å². The lowest BCUT2D eigenvalue weighted by Crippen LogP contribution is -2.55. The second-order valence-electron chi connectivity index (χ2n) is 5.29. The van der Waals surface area contributed by atoms with E-state index in [1.165, 1.54) is 35.4 Å². The maximum absolute atomic E-state index is 13.8. The van der Waals surface area contributed by atoms with Gasteiger partial charge in [-0.25, -0.2) is 19.2 Å². The number of hydrogen-bond acceptors (Lipinski definition) is 5. The highest BCUT2D eigenvalue weighted by molar-refractivity contribution is 6.32. The van der Waals surface area contributed by atoms with Crippen LogP contribution in [0, 0.1) is 5.82 Å². The van der Waals surface area contributed by atoms with Crippen molar-refractivity contribution >= 4 is 29.2 Å². The summed E-state index contributed by atoms with van der Waals surface area (Å²) in [7, 11) is 0.808. The maximum atomic E-state index is 13.8. The topological polar surface area (TPSA) is 54.3 Å². The molecule has 0 aromatic heterocycles. The molecule has 3 rings (SSSR count). The van der Waals surface area contributed by atoms with Gasteiger partial charge in [0.15, 0.2) is 0 Å². The molecule has 1 aromatic rings. The molecule has 0 fully saturated rings. The zero-order valence-corrected chi connectivity index (χ0v) is 13.8. The summed E-state index contributed by atoms with van der Waals surface area (Å²) in [5.74, 6) is -2.77. The lowest BCUT2D eigenvalue weighted by atomic mass is 10.1. The van der Waals surface area contributed by atoms with Gasteiger partial charge < -0.3 is 4.74 Å². The van der Waals surface area contributed by atoms with E-state index in [2.05, 4.69) is 14.7 Å². The van der Waals surface area contributed by atoms with Crippen molar-refractivity contribution < 1.29 is 27.1 Å². The third-order valence-electron chi connectivity index (χ3n) is 3.63. The lowest BCUT2D eigenvalue weighted by Gasteiger charge is -2.36. The van der Waals surface area contributed by atoms with Gasteiger partial charge >= 0.3 is 17.8 Å². The first kappa shape index (κ1) is 18.1. The van der Waals surface area contributed by atoms with E-state index in [-0.39, 0.29) is 22.3 Å². The molecule has 0 unspecified atom stereocenters. The molecule has 1 atom stereocenters. The van der Waals surface area contributed by atoms with Crippen molar-refractivity contribution in [3.05, 3.63) is 59.0 Å². The standard InChI is InChI=1S/C16H10ClF4N3O2/c1-26-14(25)15(16(19,20)21)22-12-7-4-10(17)8-24(12)13(23-15)9-2-5-11(18)6-3-9/h2-8H,1H3/t15-/m0/s1. The van der Waals surface area contributed by atoms with Gasteiger partial charge in [-0.2, -0.15) is 13.2 Å². The Bertz CT molecular complexity index is 874. The third-order valence-corrected chi connectivity index (χ3v) is 3.85. The molecule has 0 radical (unpaired) electrons. The number of methoxy groups -OCH3 is 1. The van der Waals surface area contributed by atoms with E-state index in [0.717, 1.165) is 19.2 Å². The lowest BCUT2D eigenvalue weighted by molar-refractivity contribution is -0.202. The zero-order valence-electron chi connectivity index (χ0n) is 13.1. The minimum Gasteiger partial charge on any atom is -0.465 e. The van der Waals surface area contributed by atoms with E-state index in [1.54, 1.807) is 0 Å². The summed E-state index contributed by atoms with van der Waals surface area (Å²) in [6.07, 6.45) is -1.34. The number of rotatable bonds is 2. The fourth-order valence-corrected chi connectivity index (χ4v) is 2.56. The maximum Gasteiger partial charge on any atom is 0.445 e. The number of nitrogens with zero attached hydrogens (tertiary/aromatic N) is 3. The molecule has 2 heterocycles. The van der Waals surface area contributed by atoms with Gasteiger partial charge in [0.05, 0.1) is 12.1 Å². The first-order valence-electron chi connectivity index (χ1n) is 7.13. The fourth-order valence-electron chi connectivity index (χ4n) is 2.40. The van der Waals surface area contributed by atoms with Crippen LogP contribution < -0.4 is 0 Å². The Morgan fingerprint density at radius 2 is 1.85 bits per heavy atom. The number of hydrogen-bond donors (Lipinski definition) is 0. The predicted molar refractivity (Wildman–Crippen MR) is 86.1 cm³/mol. The largest absolute Gasteiger partial charge is 0.465 e. The third kappa shape index (κ3) is 2.88. The van der Waals surface area contributed by atoms with Crippen LogP contribution in [0.2, 0.25) is 0 Å². The van der Waals surface area contributed by atoms with Crippen LogP contribution in [-0.2, 0) is 9.53 Å². The molecule has 0 N–H and O–H groups in total. The summed E-state index contributed by atoms with van der Waals surface area (Å²) < 4.78 is 58.8. The fraction of sp³-hybridized carbons (Fsp3) is 0.188. The molecule has 0 bridgehead atoms. The Morgan fingerprint density at radius 3 is 2.42 bits per heavy atom. The number of carbonyl (C=O) groups is 1. The van der Waals surface area contributed by atoms with Gasteiger partial charge in [0.1, 0.15) is 17.5 Å². The monoisotopic (exact) mass is 387 g/mol. The van der Waals surface area contributed by atoms with Crippen LogP contribution in [0.4, 0.5) is 17.6 Å². The number of allylic oxidation sites excluding steroid dienone is 2. The van der Waals surface area contributed by atoms with Crippen LogP contribution in [0.5, 0.6) is 0 Å². The first-order chi connectivity index (χ1) is 12.2. The first-order valence-corrected chi connectivity index (χ1v) is 7.51. The Morgan fingerprint density at radius 1 is 1.19 bits per heavy atom. The summed E-state index contributed by atoms with van der Waals surface area (Å²) in [6, 6.07) is 4.58. The van der Waals surface area contributed by atoms with Gasteiger partial charge in [-0.3, -0.25) is 4.90 Å². The molecule has 0 aliphatic carbocycles. The molecule has 5 nitrogen and oxygen atoms in total. The van der Waals surface area contributed by atoms with Crippen molar-refractivity contribution in [1.29, 1.82) is 0 Å². The molecule has 136 valence electrons. The van der Waals surface area contributed by atoms with Gasteiger partial charge in [-0.1, -0.05) is 11.6 Å². The van der Waals surface area contributed by atoms with Crippen molar-refractivity contribution in [2.24, 2.45) is 9.98 Å². The summed E-state index contributed by atoms with van der Waals surface area (Å²) >= 11 is 5.91. The zero-order chi connectivity index (χ0) is 19.1. The number of benzene rings is 1. The highest BCUT2D eigenvalue weighted by atomic mass is 35.5. The Hall–Kier alpha value is -2.68. The molecule has 2 aliphatic heterocycles. The van der Waals surface area contributed by atoms with E-state index in [1.807, 2.05) is 0 Å². The number of aliphatic imine (C=N–C) groups is 2. The second-order valence-corrected chi connectivity index (χ2v) is 5.73. The van der Waals surface area contributed by atoms with E-state index in [9.17, 15) is 22.4 Å². The van der Waals surface area contributed by atoms with Crippen LogP contribution in [0.1, 0.15) is 5.56 Å². The number of carbonyl (C=O) groups excluding carboxylic acids is 1. The van der Waals surface area contributed by atoms with Crippen LogP contribution in [-0.4, -0.2) is 41.5 Å². The Labute approximate surface area is 149 Å². The van der Waals surface area contributed by atoms with E-state index >= 15 is 0 Å². The molecule has 26 heavy (non-hydrogen) atoms. The molecule has 10 heteroatoms. The van der Waals surface area contributed by atoms with Crippen molar-refractivity contribution in [3.8, 4) is 0 Å². The van der Waals surface area contributed by atoms with E-state index in [0.29, 0.717) is 0 Å². The smallest absolute Gasteiger partial charge is 0.445 e. The summed E-state index contributed by atoms with van der Waals surface area (Å²) in [5, 5.41) is 0.205. The normalized spacial score (nSPS) is 22.2. The molecule has 0 saturated heterocycles. The molecule has 0 amide bonds. The van der Waals surface area contributed by atoms with Crippen molar-refractivity contribution in [1.82, 2.24) is 4.90 Å². The van der Waals surface area contributed by atoms with Crippen molar-refractivity contribution in [2.75, 3.05) is 7.11 Å². The molecular weight excluding hydrogens is 378 g/mol. The molecule has 0 saturated carbocycles. The highest BCUT2D eigenvalue weighted by Crippen LogP contribution is 2.40. The number of ether oxygens (including phenoxy) is 1. The van der Waals surface area contributed by atoms with Crippen LogP contribution in [0.25, 0.3) is 0 Å². The van der Waals surface area contributed by atoms with Crippen molar-refractivity contribution in [2.45, 2.75) is 11.8 Å². The van der Waals surface area contributed by atoms with Gasteiger partial charge in [0.2, 0.25) is 0 Å². The SMILES string of the molecule is COC(=O)[C@]1(C(F)(F)F)N=C2C=CC(Cl)=CN2C(c2ccc(F)cc2)=N1. The highest BCUT2D eigenvalue weighted by Gasteiger charge is 2.64. The molecule has 0 spiro atoms. The van der Waals surface area contributed by atoms with Crippen LogP contribution >= 0.6 is 11.6 Å². The predicted octanol–water partition coefficient (Wildman–Crippen LogP) is 3.37. The number of halogens is 5. The van der Waals surface area contributed by atoms with Crippen LogP contribution in [0.3, 0.4) is 0 Å². The number of alkyl halides is 3. The number of fused-ring (bicyclic) bond motifs is 1.